The average molecular weight is 510 g/mol. The fourth-order valence-electron chi connectivity index (χ4n) is 3.92. The van der Waals surface area contributed by atoms with Gasteiger partial charge in [-0.15, -0.1) is 11.3 Å². The van der Waals surface area contributed by atoms with Gasteiger partial charge in [0.05, 0.1) is 4.53 Å². The highest BCUT2D eigenvalue weighted by atomic mass is 35.5. The Morgan fingerprint density at radius 3 is 2.40 bits per heavy atom. The van der Waals surface area contributed by atoms with E-state index in [1.54, 1.807) is 18.2 Å². The molecule has 0 atom stereocenters. The maximum atomic E-state index is 13.3. The number of thiazole rings is 1. The molecule has 0 saturated carbocycles. The number of benzene rings is 2. The zero-order valence-corrected chi connectivity index (χ0v) is 21.4. The number of anilines is 1. The van der Waals surface area contributed by atoms with Crippen molar-refractivity contribution in [2.24, 2.45) is 5.92 Å². The number of piperidine rings is 1. The fraction of sp³-hybridized carbons (Fsp3) is 0.296. The first-order valence-electron chi connectivity index (χ1n) is 11.6. The summed E-state index contributed by atoms with van der Waals surface area (Å²) in [7, 11) is 0. The van der Waals surface area contributed by atoms with Crippen molar-refractivity contribution < 1.29 is 9.59 Å². The zero-order valence-electron chi connectivity index (χ0n) is 19.8. The SMILES string of the molecule is Cc1ccc(NC(=O)/C=c2\s/c(=C\c3ccc(Cl)cc3)c(=O)n2CC(=O)N2CCC(C)CC2)cc1. The standard InChI is InChI=1S/C27H28ClN3O3S/c1-18-3-9-22(10-4-18)29-24(32)16-26-31(17-25(33)30-13-11-19(2)12-14-30)27(34)23(35-26)15-20-5-7-21(28)8-6-20/h3-10,15-16,19H,11-14,17H2,1-2H3,(H,29,32)/b23-15-,26-16-. The number of carbonyl (C=O) groups excluding carboxylic acids is 2. The van der Waals surface area contributed by atoms with E-state index >= 15 is 0 Å². The molecule has 1 aliphatic heterocycles. The Balaban J connectivity index is 1.68. The first-order chi connectivity index (χ1) is 16.8. The lowest BCUT2D eigenvalue weighted by molar-refractivity contribution is -0.133. The third-order valence-corrected chi connectivity index (χ3v) is 7.42. The van der Waals surface area contributed by atoms with Crippen molar-refractivity contribution in [3.63, 3.8) is 0 Å². The Morgan fingerprint density at radius 2 is 1.74 bits per heavy atom. The molecule has 6 nitrogen and oxygen atoms in total. The van der Waals surface area contributed by atoms with Crippen molar-refractivity contribution in [1.29, 1.82) is 0 Å². The van der Waals surface area contributed by atoms with Crippen LogP contribution in [0.3, 0.4) is 0 Å². The van der Waals surface area contributed by atoms with E-state index < -0.39 is 0 Å². The van der Waals surface area contributed by atoms with E-state index in [1.165, 1.54) is 22.0 Å². The van der Waals surface area contributed by atoms with Crippen LogP contribution in [-0.2, 0) is 16.1 Å². The number of hydrogen-bond acceptors (Lipinski definition) is 4. The molecule has 2 aromatic carbocycles. The van der Waals surface area contributed by atoms with Gasteiger partial charge in [0.15, 0.2) is 0 Å². The summed E-state index contributed by atoms with van der Waals surface area (Å²) in [5.41, 5.74) is 2.27. The molecule has 1 fully saturated rings. The second-order valence-corrected chi connectivity index (χ2v) is 10.5. The van der Waals surface area contributed by atoms with Crippen molar-refractivity contribution in [3.8, 4) is 0 Å². The topological polar surface area (TPSA) is 71.4 Å². The molecule has 4 rings (SSSR count). The first-order valence-corrected chi connectivity index (χ1v) is 12.8. The van der Waals surface area contributed by atoms with Crippen LogP contribution in [0, 0.1) is 12.8 Å². The van der Waals surface area contributed by atoms with Crippen LogP contribution >= 0.6 is 22.9 Å². The van der Waals surface area contributed by atoms with Crippen LogP contribution in [0.15, 0.2) is 53.3 Å². The van der Waals surface area contributed by atoms with E-state index in [1.807, 2.05) is 48.2 Å². The number of amides is 2. The van der Waals surface area contributed by atoms with Crippen LogP contribution in [0.25, 0.3) is 12.2 Å². The first kappa shape index (κ1) is 24.9. The Bertz CT molecular complexity index is 1380. The van der Waals surface area contributed by atoms with Gasteiger partial charge in [-0.3, -0.25) is 19.0 Å². The molecule has 2 heterocycles. The fourth-order valence-corrected chi connectivity index (χ4v) is 5.09. The predicted octanol–water partition coefficient (Wildman–Crippen LogP) is 3.38. The Kier molecular flexibility index (Phi) is 7.88. The number of aromatic nitrogens is 1. The predicted molar refractivity (Wildman–Crippen MR) is 142 cm³/mol. The Labute approximate surface area is 213 Å². The molecule has 0 unspecified atom stereocenters. The van der Waals surface area contributed by atoms with Gasteiger partial charge in [-0.25, -0.2) is 0 Å². The second-order valence-electron chi connectivity index (χ2n) is 8.95. The summed E-state index contributed by atoms with van der Waals surface area (Å²) in [6.07, 6.45) is 5.05. The van der Waals surface area contributed by atoms with Gasteiger partial charge in [0, 0.05) is 29.9 Å². The number of rotatable bonds is 5. The van der Waals surface area contributed by atoms with E-state index in [-0.39, 0.29) is 23.9 Å². The normalized spacial score (nSPS) is 15.5. The van der Waals surface area contributed by atoms with Crippen LogP contribution in [0.1, 0.15) is 30.9 Å². The summed E-state index contributed by atoms with van der Waals surface area (Å²) in [6, 6.07) is 14.6. The van der Waals surface area contributed by atoms with Crippen LogP contribution in [0.2, 0.25) is 5.02 Å². The van der Waals surface area contributed by atoms with Crippen molar-refractivity contribution in [3.05, 3.63) is 84.2 Å². The molecule has 0 spiro atoms. The van der Waals surface area contributed by atoms with Gasteiger partial charge < -0.3 is 10.2 Å². The molecule has 0 radical (unpaired) electrons. The lowest BCUT2D eigenvalue weighted by atomic mass is 9.99. The number of carbonyl (C=O) groups is 2. The van der Waals surface area contributed by atoms with E-state index in [2.05, 4.69) is 12.2 Å². The summed E-state index contributed by atoms with van der Waals surface area (Å²) >= 11 is 7.17. The molecule has 1 aliphatic rings. The molecule has 3 aromatic rings. The van der Waals surface area contributed by atoms with Crippen LogP contribution in [-0.4, -0.2) is 34.4 Å². The van der Waals surface area contributed by atoms with E-state index in [9.17, 15) is 14.4 Å². The molecular formula is C27H28ClN3O3S. The van der Waals surface area contributed by atoms with Crippen molar-refractivity contribution in [2.45, 2.75) is 33.2 Å². The number of likely N-dealkylation sites (tertiary alicyclic amines) is 1. The summed E-state index contributed by atoms with van der Waals surface area (Å²) in [5, 5.41) is 3.43. The Morgan fingerprint density at radius 1 is 1.09 bits per heavy atom. The molecule has 1 N–H and O–H groups in total. The molecule has 0 aliphatic carbocycles. The quantitative estimate of drug-likeness (QED) is 0.573. The largest absolute Gasteiger partial charge is 0.341 e. The van der Waals surface area contributed by atoms with Crippen LogP contribution in [0.5, 0.6) is 0 Å². The van der Waals surface area contributed by atoms with Gasteiger partial charge in [0.1, 0.15) is 11.2 Å². The summed E-state index contributed by atoms with van der Waals surface area (Å²) in [6.45, 7) is 5.44. The molecular weight excluding hydrogens is 482 g/mol. The molecule has 2 amide bonds. The van der Waals surface area contributed by atoms with Gasteiger partial charge >= 0.3 is 0 Å². The smallest absolute Gasteiger partial charge is 0.269 e. The van der Waals surface area contributed by atoms with E-state index in [4.69, 9.17) is 11.6 Å². The highest BCUT2D eigenvalue weighted by Crippen LogP contribution is 2.16. The summed E-state index contributed by atoms with van der Waals surface area (Å²) in [4.78, 5) is 40.9. The highest BCUT2D eigenvalue weighted by molar-refractivity contribution is 7.07. The second kappa shape index (κ2) is 11.1. The highest BCUT2D eigenvalue weighted by Gasteiger charge is 2.21. The van der Waals surface area contributed by atoms with Gasteiger partial charge in [0.25, 0.3) is 11.5 Å². The lowest BCUT2D eigenvalue weighted by Gasteiger charge is -2.30. The zero-order chi connectivity index (χ0) is 24.9. The van der Waals surface area contributed by atoms with Crippen molar-refractivity contribution in [2.75, 3.05) is 18.4 Å². The third kappa shape index (κ3) is 6.50. The molecule has 1 saturated heterocycles. The number of aryl methyl sites for hydroxylation is 1. The molecule has 35 heavy (non-hydrogen) atoms. The number of halogens is 1. The van der Waals surface area contributed by atoms with Gasteiger partial charge in [-0.1, -0.05) is 48.4 Å². The molecule has 182 valence electrons. The number of nitrogens with zero attached hydrogens (tertiary/aromatic N) is 2. The number of nitrogens with one attached hydrogen (secondary N) is 1. The maximum Gasteiger partial charge on any atom is 0.269 e. The van der Waals surface area contributed by atoms with Crippen molar-refractivity contribution >= 4 is 52.6 Å². The maximum absolute atomic E-state index is 13.3. The molecule has 1 aromatic heterocycles. The monoisotopic (exact) mass is 509 g/mol. The Hall–Kier alpha value is -3.16. The van der Waals surface area contributed by atoms with E-state index in [0.717, 1.165) is 24.0 Å². The molecule has 8 heteroatoms. The lowest BCUT2D eigenvalue weighted by Crippen LogP contribution is -2.43. The average Bonchev–Trinajstić information content (AvgIpc) is 3.11. The summed E-state index contributed by atoms with van der Waals surface area (Å²) < 4.78 is 2.28. The molecule has 0 bridgehead atoms. The van der Waals surface area contributed by atoms with Crippen molar-refractivity contribution in [1.82, 2.24) is 9.47 Å². The van der Waals surface area contributed by atoms with Gasteiger partial charge in [0.2, 0.25) is 5.91 Å². The van der Waals surface area contributed by atoms with Crippen LogP contribution < -0.4 is 20.1 Å². The van der Waals surface area contributed by atoms with Crippen LogP contribution in [0.4, 0.5) is 5.69 Å². The minimum Gasteiger partial charge on any atom is -0.341 e. The van der Waals surface area contributed by atoms with Gasteiger partial charge in [-0.2, -0.15) is 0 Å². The minimum absolute atomic E-state index is 0.0954. The summed E-state index contributed by atoms with van der Waals surface area (Å²) in [5.74, 6) is 0.127. The van der Waals surface area contributed by atoms with E-state index in [0.29, 0.717) is 38.9 Å². The third-order valence-electron chi connectivity index (χ3n) is 6.11. The van der Waals surface area contributed by atoms with Gasteiger partial charge in [-0.05, 0) is 61.6 Å². The number of hydrogen-bond donors (Lipinski definition) is 1. The minimum atomic E-state index is -0.360.